The summed E-state index contributed by atoms with van der Waals surface area (Å²) in [6, 6.07) is 0. The molecule has 0 aliphatic rings. The zero-order valence-corrected chi connectivity index (χ0v) is 7.23. The molecule has 1 aromatic rings. The van der Waals surface area contributed by atoms with Crippen molar-refractivity contribution in [3.8, 4) is 0 Å². The van der Waals surface area contributed by atoms with Gasteiger partial charge in [-0.05, 0) is 6.92 Å². The molecule has 0 aliphatic carbocycles. The summed E-state index contributed by atoms with van der Waals surface area (Å²) in [5.74, 6) is 0. The summed E-state index contributed by atoms with van der Waals surface area (Å²) in [6.07, 6.45) is 3.36. The molecular formula is C8H14N2O2. The largest absolute Gasteiger partial charge is 0.390 e. The van der Waals surface area contributed by atoms with Crippen LogP contribution in [0.15, 0.2) is 12.5 Å². The fourth-order valence-corrected chi connectivity index (χ4v) is 0.988. The molecule has 0 atom stereocenters. The molecule has 68 valence electrons. The van der Waals surface area contributed by atoms with Gasteiger partial charge in [0.15, 0.2) is 0 Å². The third kappa shape index (κ3) is 2.32. The Bertz CT molecular complexity index is 223. The number of hydrogen-bond acceptors (Lipinski definition) is 3. The van der Waals surface area contributed by atoms with Crippen molar-refractivity contribution in [3.63, 3.8) is 0 Å². The minimum Gasteiger partial charge on any atom is -0.390 e. The molecule has 0 aromatic carbocycles. The minimum absolute atomic E-state index is 0.0339. The van der Waals surface area contributed by atoms with Crippen LogP contribution in [0.1, 0.15) is 12.6 Å². The van der Waals surface area contributed by atoms with E-state index in [9.17, 15) is 0 Å². The molecule has 0 aliphatic heterocycles. The van der Waals surface area contributed by atoms with Gasteiger partial charge in [-0.1, -0.05) is 0 Å². The van der Waals surface area contributed by atoms with E-state index in [2.05, 4.69) is 4.98 Å². The van der Waals surface area contributed by atoms with E-state index in [1.807, 2.05) is 11.5 Å². The van der Waals surface area contributed by atoms with E-state index in [1.165, 1.54) is 0 Å². The molecule has 4 heteroatoms. The van der Waals surface area contributed by atoms with Gasteiger partial charge in [0, 0.05) is 13.2 Å². The van der Waals surface area contributed by atoms with Gasteiger partial charge in [-0.15, -0.1) is 0 Å². The first-order chi connectivity index (χ1) is 5.88. The van der Waals surface area contributed by atoms with E-state index in [0.717, 1.165) is 18.8 Å². The lowest BCUT2D eigenvalue weighted by Gasteiger charge is -2.05. The van der Waals surface area contributed by atoms with Crippen LogP contribution in [0.3, 0.4) is 0 Å². The lowest BCUT2D eigenvalue weighted by molar-refractivity contribution is 0.137. The molecule has 0 unspecified atom stereocenters. The average molecular weight is 170 g/mol. The number of aliphatic hydroxyl groups excluding tert-OH is 1. The summed E-state index contributed by atoms with van der Waals surface area (Å²) < 4.78 is 7.06. The van der Waals surface area contributed by atoms with Crippen LogP contribution in [-0.2, 0) is 17.9 Å². The number of ether oxygens (including phenoxy) is 1. The molecule has 0 amide bonds. The monoisotopic (exact) mass is 170 g/mol. The van der Waals surface area contributed by atoms with Crippen molar-refractivity contribution in [1.82, 2.24) is 9.55 Å². The van der Waals surface area contributed by atoms with E-state index in [1.54, 1.807) is 12.5 Å². The van der Waals surface area contributed by atoms with Crippen LogP contribution >= 0.6 is 0 Å². The van der Waals surface area contributed by atoms with Crippen molar-refractivity contribution < 1.29 is 9.84 Å². The van der Waals surface area contributed by atoms with Gasteiger partial charge in [-0.25, -0.2) is 4.98 Å². The Labute approximate surface area is 71.8 Å². The summed E-state index contributed by atoms with van der Waals surface area (Å²) in [6.45, 7) is 4.14. The zero-order chi connectivity index (χ0) is 8.81. The lowest BCUT2D eigenvalue weighted by atomic mass is 10.5. The first kappa shape index (κ1) is 9.22. The summed E-state index contributed by atoms with van der Waals surface area (Å²) in [5.41, 5.74) is 0.828. The van der Waals surface area contributed by atoms with Crippen molar-refractivity contribution >= 4 is 0 Å². The van der Waals surface area contributed by atoms with Crippen LogP contribution in [0.2, 0.25) is 0 Å². The van der Waals surface area contributed by atoms with E-state index < -0.39 is 0 Å². The Hall–Kier alpha value is -0.870. The van der Waals surface area contributed by atoms with Gasteiger partial charge in [0.05, 0.1) is 31.4 Å². The van der Waals surface area contributed by atoms with Gasteiger partial charge in [-0.2, -0.15) is 0 Å². The first-order valence-corrected chi connectivity index (χ1v) is 4.06. The molecule has 0 spiro atoms. The molecule has 1 aromatic heterocycles. The standard InChI is InChI=1S/C8H14N2O2/c1-2-12-4-3-10-7-9-5-8(10)6-11/h5,7,11H,2-4,6H2,1H3. The van der Waals surface area contributed by atoms with Crippen LogP contribution in [0.25, 0.3) is 0 Å². The van der Waals surface area contributed by atoms with Crippen LogP contribution in [-0.4, -0.2) is 27.9 Å². The average Bonchev–Trinajstić information content (AvgIpc) is 2.52. The quantitative estimate of drug-likeness (QED) is 0.651. The zero-order valence-electron chi connectivity index (χ0n) is 7.23. The second-order valence-corrected chi connectivity index (χ2v) is 2.43. The Morgan fingerprint density at radius 2 is 2.50 bits per heavy atom. The van der Waals surface area contributed by atoms with E-state index in [0.29, 0.717) is 6.61 Å². The Kier molecular flexibility index (Phi) is 3.76. The van der Waals surface area contributed by atoms with Crippen molar-refractivity contribution in [2.24, 2.45) is 0 Å². The number of aromatic nitrogens is 2. The van der Waals surface area contributed by atoms with E-state index in [-0.39, 0.29) is 6.61 Å². The normalized spacial score (nSPS) is 10.5. The molecule has 0 saturated carbocycles. The van der Waals surface area contributed by atoms with Crippen LogP contribution < -0.4 is 0 Å². The van der Waals surface area contributed by atoms with E-state index >= 15 is 0 Å². The third-order valence-electron chi connectivity index (χ3n) is 1.64. The van der Waals surface area contributed by atoms with Crippen LogP contribution in [0.5, 0.6) is 0 Å². The van der Waals surface area contributed by atoms with Crippen molar-refractivity contribution in [1.29, 1.82) is 0 Å². The SMILES string of the molecule is CCOCCn1cncc1CO. The fourth-order valence-electron chi connectivity index (χ4n) is 0.988. The highest BCUT2D eigenvalue weighted by atomic mass is 16.5. The van der Waals surface area contributed by atoms with Crippen molar-refractivity contribution in [2.45, 2.75) is 20.1 Å². The molecule has 0 bridgehead atoms. The maximum absolute atomic E-state index is 8.86. The Morgan fingerprint density at radius 3 is 3.17 bits per heavy atom. The Balaban J connectivity index is 2.39. The molecule has 1 heterocycles. The highest BCUT2D eigenvalue weighted by Crippen LogP contribution is 1.98. The predicted molar refractivity (Wildman–Crippen MR) is 44.6 cm³/mol. The van der Waals surface area contributed by atoms with Crippen LogP contribution in [0, 0.1) is 0 Å². The molecule has 1 N–H and O–H groups in total. The van der Waals surface area contributed by atoms with Crippen molar-refractivity contribution in [2.75, 3.05) is 13.2 Å². The number of nitrogens with zero attached hydrogens (tertiary/aromatic N) is 2. The molecule has 0 radical (unpaired) electrons. The maximum atomic E-state index is 8.86. The van der Waals surface area contributed by atoms with Gasteiger partial charge >= 0.3 is 0 Å². The molecule has 0 fully saturated rings. The highest BCUT2D eigenvalue weighted by Gasteiger charge is 1.98. The van der Waals surface area contributed by atoms with Crippen LogP contribution in [0.4, 0.5) is 0 Å². The second-order valence-electron chi connectivity index (χ2n) is 2.43. The van der Waals surface area contributed by atoms with Crippen molar-refractivity contribution in [3.05, 3.63) is 18.2 Å². The summed E-state index contributed by atoms with van der Waals surface area (Å²) >= 11 is 0. The summed E-state index contributed by atoms with van der Waals surface area (Å²) in [4.78, 5) is 3.92. The summed E-state index contributed by atoms with van der Waals surface area (Å²) in [5, 5.41) is 8.86. The van der Waals surface area contributed by atoms with Gasteiger partial charge in [0.1, 0.15) is 0 Å². The summed E-state index contributed by atoms with van der Waals surface area (Å²) in [7, 11) is 0. The first-order valence-electron chi connectivity index (χ1n) is 4.06. The Morgan fingerprint density at radius 1 is 1.67 bits per heavy atom. The molecule has 4 nitrogen and oxygen atoms in total. The second kappa shape index (κ2) is 4.90. The number of imidazole rings is 1. The molecule has 0 saturated heterocycles. The van der Waals surface area contributed by atoms with Gasteiger partial charge in [0.2, 0.25) is 0 Å². The molecule has 1 rings (SSSR count). The lowest BCUT2D eigenvalue weighted by Crippen LogP contribution is -2.07. The smallest absolute Gasteiger partial charge is 0.0949 e. The number of hydrogen-bond donors (Lipinski definition) is 1. The van der Waals surface area contributed by atoms with E-state index in [4.69, 9.17) is 9.84 Å². The van der Waals surface area contributed by atoms with Gasteiger partial charge in [0.25, 0.3) is 0 Å². The number of aliphatic hydroxyl groups is 1. The maximum Gasteiger partial charge on any atom is 0.0949 e. The predicted octanol–water partition coefficient (Wildman–Crippen LogP) is 0.412. The third-order valence-corrected chi connectivity index (χ3v) is 1.64. The number of rotatable bonds is 5. The van der Waals surface area contributed by atoms with Gasteiger partial charge in [-0.3, -0.25) is 0 Å². The topological polar surface area (TPSA) is 47.3 Å². The fraction of sp³-hybridized carbons (Fsp3) is 0.625. The van der Waals surface area contributed by atoms with Gasteiger partial charge < -0.3 is 14.4 Å². The molecular weight excluding hydrogens is 156 g/mol. The minimum atomic E-state index is 0.0339. The molecule has 12 heavy (non-hydrogen) atoms. The highest BCUT2D eigenvalue weighted by molar-refractivity contribution is 4.95.